The molecule has 1 fully saturated rings. The Hall–Kier alpha value is -2.16. The number of carbonyl (C=O) groups is 1. The molecule has 1 saturated heterocycles. The van der Waals surface area contributed by atoms with E-state index in [1.807, 2.05) is 35.7 Å². The molecule has 0 bridgehead atoms. The number of rotatable bonds is 3. The van der Waals surface area contributed by atoms with Crippen LogP contribution in [0.2, 0.25) is 0 Å². The van der Waals surface area contributed by atoms with Gasteiger partial charge in [0.05, 0.1) is 10.6 Å². The molecule has 0 radical (unpaired) electrons. The highest BCUT2D eigenvalue weighted by Gasteiger charge is 2.35. The van der Waals surface area contributed by atoms with Crippen LogP contribution in [0, 0.1) is 0 Å². The second kappa shape index (κ2) is 6.99. The van der Waals surface area contributed by atoms with Crippen molar-refractivity contribution in [2.45, 2.75) is 0 Å². The number of halogens is 1. The zero-order valence-electron chi connectivity index (χ0n) is 12.6. The fourth-order valence-electron chi connectivity index (χ4n) is 2.24. The zero-order valence-corrected chi connectivity index (χ0v) is 15.8. The fourth-order valence-corrected chi connectivity index (χ4v) is 4.08. The molecule has 1 aliphatic rings. The Bertz CT molecular complexity index is 965. The minimum Gasteiger partial charge on any atom is -0.450 e. The van der Waals surface area contributed by atoms with E-state index in [4.69, 9.17) is 4.42 Å². The molecule has 2 aromatic heterocycles. The maximum atomic E-state index is 12.9. The number of hydrogen-bond acceptors (Lipinski definition) is 6. The van der Waals surface area contributed by atoms with E-state index in [1.165, 1.54) is 23.1 Å². The number of aromatic nitrogens is 1. The third kappa shape index (κ3) is 3.46. The molecule has 3 aromatic rings. The molecular formula is C17H10BrN3O2S2. The van der Waals surface area contributed by atoms with Crippen molar-refractivity contribution in [2.24, 2.45) is 4.99 Å². The molecule has 3 heterocycles. The van der Waals surface area contributed by atoms with Crippen LogP contribution in [0.15, 0.2) is 73.0 Å². The lowest BCUT2D eigenvalue weighted by Gasteiger charge is -2.14. The molecular weight excluding hydrogens is 422 g/mol. The molecule has 1 aromatic carbocycles. The van der Waals surface area contributed by atoms with Crippen LogP contribution >= 0.6 is 39.0 Å². The minimum atomic E-state index is -0.140. The Morgan fingerprint density at radius 2 is 2.04 bits per heavy atom. The maximum absolute atomic E-state index is 12.9. The number of amidine groups is 1. The van der Waals surface area contributed by atoms with Crippen LogP contribution in [0.1, 0.15) is 5.76 Å². The minimum absolute atomic E-state index is 0.140. The third-order valence-electron chi connectivity index (χ3n) is 3.30. The van der Waals surface area contributed by atoms with E-state index in [-0.39, 0.29) is 5.91 Å². The highest BCUT2D eigenvalue weighted by Crippen LogP contribution is 2.37. The first-order valence-corrected chi connectivity index (χ1v) is 9.72. The Kier molecular flexibility index (Phi) is 4.56. The third-order valence-corrected chi connectivity index (χ3v) is 5.36. The van der Waals surface area contributed by atoms with Crippen molar-refractivity contribution in [2.75, 3.05) is 4.90 Å². The molecule has 8 heteroatoms. The van der Waals surface area contributed by atoms with Gasteiger partial charge in [-0.25, -0.2) is 4.98 Å². The number of benzene rings is 1. The van der Waals surface area contributed by atoms with Gasteiger partial charge < -0.3 is 4.42 Å². The Balaban J connectivity index is 1.76. The monoisotopic (exact) mass is 431 g/mol. The van der Waals surface area contributed by atoms with Crippen molar-refractivity contribution in [3.8, 4) is 0 Å². The highest BCUT2D eigenvalue weighted by atomic mass is 79.9. The summed E-state index contributed by atoms with van der Waals surface area (Å²) >= 11 is 5.99. The number of anilines is 1. The number of aliphatic imine (C=N–C) groups is 1. The van der Waals surface area contributed by atoms with Crippen LogP contribution in [0.25, 0.3) is 6.08 Å². The molecule has 1 amide bonds. The lowest BCUT2D eigenvalue weighted by Crippen LogP contribution is -2.28. The van der Waals surface area contributed by atoms with E-state index in [2.05, 4.69) is 25.9 Å². The van der Waals surface area contributed by atoms with Gasteiger partial charge in [-0.2, -0.15) is 4.99 Å². The van der Waals surface area contributed by atoms with Crippen LogP contribution in [-0.2, 0) is 4.79 Å². The standard InChI is InChI=1S/C17H10BrN3O2S2/c18-14-7-6-12(23-14)10-13-15(22)21(11-4-2-1-3-5-11)17(25-13)20-16-19-8-9-24-16/h1-10H/b13-10+,20-17+. The van der Waals surface area contributed by atoms with Gasteiger partial charge >= 0.3 is 0 Å². The number of thiazole rings is 1. The van der Waals surface area contributed by atoms with Crippen LogP contribution in [0.3, 0.4) is 0 Å². The van der Waals surface area contributed by atoms with E-state index in [0.717, 1.165) is 5.69 Å². The number of hydrogen-bond donors (Lipinski definition) is 0. The number of thioether (sulfide) groups is 1. The molecule has 0 saturated carbocycles. The van der Waals surface area contributed by atoms with Gasteiger partial charge in [0.2, 0.25) is 5.13 Å². The molecule has 124 valence electrons. The van der Waals surface area contributed by atoms with Gasteiger partial charge in [-0.15, -0.1) is 11.3 Å². The number of para-hydroxylation sites is 1. The average molecular weight is 432 g/mol. The summed E-state index contributed by atoms with van der Waals surface area (Å²) in [6.45, 7) is 0. The van der Waals surface area contributed by atoms with Crippen molar-refractivity contribution < 1.29 is 9.21 Å². The first-order chi connectivity index (χ1) is 12.2. The van der Waals surface area contributed by atoms with Gasteiger partial charge in [0.25, 0.3) is 5.91 Å². The van der Waals surface area contributed by atoms with E-state index in [1.54, 1.807) is 29.3 Å². The van der Waals surface area contributed by atoms with Crippen molar-refractivity contribution >= 4 is 67.0 Å². The van der Waals surface area contributed by atoms with E-state index < -0.39 is 0 Å². The summed E-state index contributed by atoms with van der Waals surface area (Å²) < 4.78 is 6.10. The second-order valence-corrected chi connectivity index (χ2v) is 7.60. The summed E-state index contributed by atoms with van der Waals surface area (Å²) in [6.07, 6.45) is 3.41. The number of nitrogens with zero attached hydrogens (tertiary/aromatic N) is 3. The van der Waals surface area contributed by atoms with Crippen LogP contribution in [-0.4, -0.2) is 16.1 Å². The SMILES string of the molecule is O=C1/C(=C\c2ccc(Br)o2)S/C(=N/c2nccs2)N1c1ccccc1. The van der Waals surface area contributed by atoms with E-state index in [9.17, 15) is 4.79 Å². The quantitative estimate of drug-likeness (QED) is 0.527. The number of furan rings is 1. The van der Waals surface area contributed by atoms with Gasteiger partial charge in [-0.05, 0) is 52.0 Å². The summed E-state index contributed by atoms with van der Waals surface area (Å²) in [4.78, 5) is 23.8. The Morgan fingerprint density at radius 3 is 2.72 bits per heavy atom. The Labute approximate surface area is 160 Å². The lowest BCUT2D eigenvalue weighted by molar-refractivity contribution is -0.113. The van der Waals surface area contributed by atoms with Gasteiger partial charge in [-0.1, -0.05) is 18.2 Å². The number of carbonyl (C=O) groups excluding carboxylic acids is 1. The molecule has 0 aliphatic carbocycles. The smallest absolute Gasteiger partial charge is 0.271 e. The van der Waals surface area contributed by atoms with Crippen LogP contribution in [0.4, 0.5) is 10.8 Å². The summed E-state index contributed by atoms with van der Waals surface area (Å²) in [5.74, 6) is 0.463. The summed E-state index contributed by atoms with van der Waals surface area (Å²) in [7, 11) is 0. The van der Waals surface area contributed by atoms with Gasteiger partial charge in [0.15, 0.2) is 9.84 Å². The predicted molar refractivity (Wildman–Crippen MR) is 105 cm³/mol. The van der Waals surface area contributed by atoms with Crippen LogP contribution < -0.4 is 4.90 Å². The fraction of sp³-hybridized carbons (Fsp3) is 0. The summed E-state index contributed by atoms with van der Waals surface area (Å²) in [5.41, 5.74) is 0.763. The zero-order chi connectivity index (χ0) is 17.2. The average Bonchev–Trinajstić information content (AvgIpc) is 3.32. The topological polar surface area (TPSA) is 58.7 Å². The second-order valence-electron chi connectivity index (χ2n) is 4.94. The molecule has 25 heavy (non-hydrogen) atoms. The van der Waals surface area contributed by atoms with Gasteiger partial charge in [0, 0.05) is 17.7 Å². The first kappa shape index (κ1) is 16.3. The highest BCUT2D eigenvalue weighted by molar-refractivity contribution is 9.10. The van der Waals surface area contributed by atoms with E-state index in [0.29, 0.717) is 25.6 Å². The van der Waals surface area contributed by atoms with Crippen LogP contribution in [0.5, 0.6) is 0 Å². The molecule has 0 atom stereocenters. The van der Waals surface area contributed by atoms with Gasteiger partial charge in [-0.3, -0.25) is 9.69 Å². The van der Waals surface area contributed by atoms with Crippen molar-refractivity contribution in [3.05, 3.63) is 69.4 Å². The molecule has 0 N–H and O–H groups in total. The Morgan fingerprint density at radius 1 is 1.20 bits per heavy atom. The first-order valence-electron chi connectivity index (χ1n) is 7.23. The van der Waals surface area contributed by atoms with Crippen molar-refractivity contribution in [1.82, 2.24) is 4.98 Å². The normalized spacial score (nSPS) is 17.8. The molecule has 0 unspecified atom stereocenters. The van der Waals surface area contributed by atoms with Crippen molar-refractivity contribution in [1.29, 1.82) is 0 Å². The molecule has 4 rings (SSSR count). The molecule has 1 aliphatic heterocycles. The maximum Gasteiger partial charge on any atom is 0.271 e. The summed E-state index contributed by atoms with van der Waals surface area (Å²) in [6, 6.07) is 13.0. The van der Waals surface area contributed by atoms with Gasteiger partial charge in [0.1, 0.15) is 5.76 Å². The predicted octanol–water partition coefficient (Wildman–Crippen LogP) is 5.31. The lowest BCUT2D eigenvalue weighted by atomic mass is 10.3. The number of amides is 1. The van der Waals surface area contributed by atoms with Crippen molar-refractivity contribution in [3.63, 3.8) is 0 Å². The molecule has 5 nitrogen and oxygen atoms in total. The largest absolute Gasteiger partial charge is 0.450 e. The summed E-state index contributed by atoms with van der Waals surface area (Å²) in [5, 5.41) is 3.03. The van der Waals surface area contributed by atoms with E-state index >= 15 is 0 Å². The molecule has 0 spiro atoms.